The Morgan fingerprint density at radius 1 is 0.475 bits per heavy atom. The summed E-state index contributed by atoms with van der Waals surface area (Å²) < 4.78 is 110. The normalized spacial score (nSPS) is 58.9. The highest BCUT2D eigenvalue weighted by atomic mass is 16.8. The van der Waals surface area contributed by atoms with Crippen LogP contribution in [0.2, 0.25) is 0 Å². The lowest BCUT2D eigenvalue weighted by molar-refractivity contribution is -0.369. The monoisotopic (exact) mass is 1120 g/mol. The summed E-state index contributed by atoms with van der Waals surface area (Å²) in [6.45, 7) is 17.6. The molecular weight excluding hydrogens is 1040 g/mol. The molecule has 0 saturated carbocycles. The molecule has 17 saturated heterocycles. The van der Waals surface area contributed by atoms with Gasteiger partial charge >= 0.3 is 5.97 Å². The molecule has 33 atom stereocenters. The van der Waals surface area contributed by atoms with Gasteiger partial charge in [-0.15, -0.1) is 0 Å². The molecule has 444 valence electrons. The van der Waals surface area contributed by atoms with E-state index in [1.54, 1.807) is 0 Å². The zero-order valence-electron chi connectivity index (χ0n) is 47.0. The summed E-state index contributed by atoms with van der Waals surface area (Å²) in [6.07, 6.45) is 4.03. The van der Waals surface area contributed by atoms with Crippen LogP contribution in [0.15, 0.2) is 24.3 Å². The number of aliphatic hydroxyl groups excluding tert-OH is 2. The quantitative estimate of drug-likeness (QED) is 0.265. The fourth-order valence-corrected chi connectivity index (χ4v) is 18.8. The van der Waals surface area contributed by atoms with Gasteiger partial charge in [-0.1, -0.05) is 40.9 Å². The number of carbonyl (C=O) groups is 1. The fourth-order valence-electron chi connectivity index (χ4n) is 18.8. The number of ether oxygens (including phenoxy) is 16. The first kappa shape index (κ1) is 53.7. The fraction of sp³-hybridized carbons (Fsp3) is 0.918. The molecule has 2 N–H and O–H groups in total. The van der Waals surface area contributed by atoms with Crippen molar-refractivity contribution in [3.63, 3.8) is 0 Å². The maximum absolute atomic E-state index is 14.6. The summed E-state index contributed by atoms with van der Waals surface area (Å²) in [7, 11) is 0. The molecule has 19 heteroatoms. The van der Waals surface area contributed by atoms with Crippen molar-refractivity contribution in [3.05, 3.63) is 24.3 Å². The third-order valence-corrected chi connectivity index (χ3v) is 22.6. The molecule has 80 heavy (non-hydrogen) atoms. The van der Waals surface area contributed by atoms with E-state index in [1.807, 2.05) is 0 Å². The standard InChI is InChI=1S/C61H86O19/c1-26-13-32-7-9-36-27(2)14-34(65-36)11-12-59-23-47-55(79-59)56-57(73-47)58(80-59)54-37(70-56)10-8-33(67-54)15-49(64)74-53-31(6)52-44(69-43(53)16-38(66-32)30(26)5)19-42-46(72-52)22-61(75-42)24-48-51(78-61)29(4)21-60(77-48)20-28(3)50-45(76-60)18-40-41(71-50)17-39(68-40)35(63)25-62/h26,28-29,31-48,50-58,62-63H,2,5,7-25H2,1,3-4,6H3/t26-,28+,29+,31+,32+,33-,34+,35+,36+,37+,38-,39+,40-,41-,42-,43+,44+,45+,46-,47-,48+,50+,51+,52+,53-,54+,55?,56+,57-,58+,59+,60-,61-/m1/s1. The van der Waals surface area contributed by atoms with Crippen LogP contribution >= 0.6 is 0 Å². The maximum atomic E-state index is 14.6. The zero-order chi connectivity index (χ0) is 54.3. The van der Waals surface area contributed by atoms with Gasteiger partial charge in [-0.25, -0.2) is 0 Å². The maximum Gasteiger partial charge on any atom is 0.308 e. The van der Waals surface area contributed by atoms with Crippen molar-refractivity contribution in [1.82, 2.24) is 0 Å². The van der Waals surface area contributed by atoms with Gasteiger partial charge in [-0.2, -0.15) is 0 Å². The molecular formula is C61H86O19. The lowest BCUT2D eigenvalue weighted by atomic mass is 9.78. The van der Waals surface area contributed by atoms with Crippen molar-refractivity contribution in [2.75, 3.05) is 6.61 Å². The molecule has 0 aromatic rings. The van der Waals surface area contributed by atoms with E-state index in [4.69, 9.17) is 75.8 Å². The van der Waals surface area contributed by atoms with E-state index < -0.39 is 60.1 Å². The largest absolute Gasteiger partial charge is 0.459 e. The van der Waals surface area contributed by atoms with Crippen LogP contribution in [-0.4, -0.2) is 199 Å². The summed E-state index contributed by atoms with van der Waals surface area (Å²) in [5.74, 6) is -2.60. The third kappa shape index (κ3) is 8.99. The minimum absolute atomic E-state index is 0.0140. The average Bonchev–Trinajstić information content (AvgIpc) is 3.61. The number of hydrogen-bond acceptors (Lipinski definition) is 19. The Labute approximate surface area is 469 Å². The van der Waals surface area contributed by atoms with Gasteiger partial charge in [0, 0.05) is 70.1 Å². The molecule has 0 aromatic heterocycles. The number of carbonyl (C=O) groups excluding carboxylic acids is 1. The lowest BCUT2D eigenvalue weighted by Gasteiger charge is -2.54. The van der Waals surface area contributed by atoms with E-state index in [0.717, 1.165) is 49.7 Å². The third-order valence-electron chi connectivity index (χ3n) is 22.6. The van der Waals surface area contributed by atoms with Crippen molar-refractivity contribution in [2.24, 2.45) is 23.7 Å². The minimum atomic E-state index is -0.941. The Hall–Kier alpha value is -1.73. The van der Waals surface area contributed by atoms with E-state index in [9.17, 15) is 15.0 Å². The number of esters is 1. The second-order valence-corrected chi connectivity index (χ2v) is 28.1. The molecule has 17 aliphatic rings. The van der Waals surface area contributed by atoms with Crippen LogP contribution in [0, 0.1) is 23.7 Å². The summed E-state index contributed by atoms with van der Waals surface area (Å²) in [5, 5.41) is 20.0. The van der Waals surface area contributed by atoms with Gasteiger partial charge in [0.15, 0.2) is 17.4 Å². The Morgan fingerprint density at radius 3 is 1.99 bits per heavy atom. The predicted octanol–water partition coefficient (Wildman–Crippen LogP) is 5.33. The van der Waals surface area contributed by atoms with Crippen molar-refractivity contribution in [2.45, 2.75) is 319 Å². The van der Waals surface area contributed by atoms with Crippen molar-refractivity contribution in [3.8, 4) is 0 Å². The van der Waals surface area contributed by atoms with E-state index >= 15 is 0 Å². The van der Waals surface area contributed by atoms with Gasteiger partial charge in [0.25, 0.3) is 0 Å². The Balaban J connectivity index is 0.628. The molecule has 1 unspecified atom stereocenters. The van der Waals surface area contributed by atoms with Gasteiger partial charge in [-0.3, -0.25) is 4.79 Å². The molecule has 17 rings (SSSR count). The van der Waals surface area contributed by atoms with Crippen molar-refractivity contribution >= 4 is 5.97 Å². The first-order valence-corrected chi connectivity index (χ1v) is 31.4. The van der Waals surface area contributed by atoms with Gasteiger partial charge in [0.1, 0.15) is 42.7 Å². The zero-order valence-corrected chi connectivity index (χ0v) is 47.0. The van der Waals surface area contributed by atoms with E-state index in [1.165, 1.54) is 0 Å². The van der Waals surface area contributed by atoms with Crippen LogP contribution in [0.25, 0.3) is 0 Å². The highest BCUT2D eigenvalue weighted by Gasteiger charge is 2.70. The summed E-state index contributed by atoms with van der Waals surface area (Å²) >= 11 is 0. The van der Waals surface area contributed by atoms with Gasteiger partial charge in [-0.05, 0) is 73.8 Å². The van der Waals surface area contributed by atoms with E-state index in [0.29, 0.717) is 70.6 Å². The van der Waals surface area contributed by atoms with Gasteiger partial charge in [0.05, 0.1) is 129 Å². The Bertz CT molecular complexity index is 2410. The molecule has 0 amide bonds. The molecule has 0 aliphatic carbocycles. The van der Waals surface area contributed by atoms with Crippen LogP contribution < -0.4 is 0 Å². The van der Waals surface area contributed by atoms with Crippen LogP contribution in [0.3, 0.4) is 0 Å². The highest BCUT2D eigenvalue weighted by molar-refractivity contribution is 5.70. The van der Waals surface area contributed by atoms with Crippen LogP contribution in [-0.2, 0) is 80.6 Å². The number of rotatable bonds is 2. The molecule has 0 radical (unpaired) electrons. The van der Waals surface area contributed by atoms with Crippen molar-refractivity contribution < 1.29 is 90.8 Å². The number of fused-ring (bicyclic) bond motifs is 11. The predicted molar refractivity (Wildman–Crippen MR) is 276 cm³/mol. The smallest absolute Gasteiger partial charge is 0.308 e. The average molecular weight is 1120 g/mol. The first-order chi connectivity index (χ1) is 38.6. The van der Waals surface area contributed by atoms with Crippen molar-refractivity contribution in [1.29, 1.82) is 0 Å². The summed E-state index contributed by atoms with van der Waals surface area (Å²) in [4.78, 5) is 14.6. The van der Waals surface area contributed by atoms with E-state index in [2.05, 4.69) is 40.9 Å². The minimum Gasteiger partial charge on any atom is -0.459 e. The van der Waals surface area contributed by atoms with E-state index in [-0.39, 0.29) is 159 Å². The molecule has 12 bridgehead atoms. The Kier molecular flexibility index (Phi) is 13.4. The highest BCUT2D eigenvalue weighted by Crippen LogP contribution is 2.58. The summed E-state index contributed by atoms with van der Waals surface area (Å²) in [6, 6.07) is 0. The number of aliphatic hydroxyl groups is 2. The second kappa shape index (κ2) is 19.9. The topological polar surface area (TPSA) is 205 Å². The summed E-state index contributed by atoms with van der Waals surface area (Å²) in [5.41, 5.74) is 2.16. The van der Waals surface area contributed by atoms with Gasteiger partial charge in [0.2, 0.25) is 0 Å². The Morgan fingerprint density at radius 2 is 1.12 bits per heavy atom. The van der Waals surface area contributed by atoms with Gasteiger partial charge < -0.3 is 86.0 Å². The molecule has 17 fully saturated rings. The SMILES string of the molecule is C=C1C[C@@H]2CC[C@@]34C[C@H]5O[C@H]6[C@@H](O3)[C@H]3O[C@H](CC[C@@H]3O[C@H]6C5O4)CC(=O)O[C@@H]3[C@@H](C)[C@@H]4O[C@@H]5C[C@@]6(C[C@@H]7O[C@]8(C[C@H](C)[C@@H]9O[C@@H]%10C[C@@H]([C@@H](O)CO)O[C@@H]%10C[C@@H]9O8)C[C@H](C)[C@@H]7O6)O[C@@H]5C[C@@H]4O[C@H]3C[C@H]3O[C@@H](CC[C@@H]1O2)C[C@@H](C)C3=C. The first-order valence-electron chi connectivity index (χ1n) is 31.4. The van der Waals surface area contributed by atoms with Crippen LogP contribution in [0.4, 0.5) is 0 Å². The molecule has 3 spiro atoms. The van der Waals surface area contributed by atoms with Crippen LogP contribution in [0.1, 0.15) is 143 Å². The van der Waals surface area contributed by atoms with Crippen LogP contribution in [0.5, 0.6) is 0 Å². The molecule has 17 aliphatic heterocycles. The lowest BCUT2D eigenvalue weighted by Crippen LogP contribution is -2.62. The molecule has 19 nitrogen and oxygen atoms in total. The second-order valence-electron chi connectivity index (χ2n) is 28.1. The molecule has 17 heterocycles. The number of hydrogen-bond donors (Lipinski definition) is 2. The molecule has 0 aromatic carbocycles.